The SMILES string of the molecule is Cc1nnc(C(C)N2CCC(C(O)C(F)(F)F)CC2)o1. The van der Waals surface area contributed by atoms with Crippen LogP contribution in [0.3, 0.4) is 0 Å². The van der Waals surface area contributed by atoms with E-state index in [-0.39, 0.29) is 6.04 Å². The molecule has 0 radical (unpaired) electrons. The third kappa shape index (κ3) is 3.29. The number of aliphatic hydroxyl groups is 1. The topological polar surface area (TPSA) is 62.4 Å². The fourth-order valence-corrected chi connectivity index (χ4v) is 2.53. The van der Waals surface area contributed by atoms with E-state index in [1.165, 1.54) is 0 Å². The molecule has 2 atom stereocenters. The van der Waals surface area contributed by atoms with Crippen LogP contribution in [0.4, 0.5) is 13.2 Å². The second-order valence-corrected chi connectivity index (χ2v) is 5.20. The van der Waals surface area contributed by atoms with Gasteiger partial charge in [-0.25, -0.2) is 0 Å². The minimum absolute atomic E-state index is 0.125. The smallest absolute Gasteiger partial charge is 0.414 e. The Balaban J connectivity index is 1.91. The van der Waals surface area contributed by atoms with Gasteiger partial charge in [-0.2, -0.15) is 13.2 Å². The van der Waals surface area contributed by atoms with Gasteiger partial charge in [0.2, 0.25) is 11.8 Å². The number of aromatic nitrogens is 2. The van der Waals surface area contributed by atoms with Gasteiger partial charge in [0.25, 0.3) is 0 Å². The molecule has 114 valence electrons. The molecule has 5 nitrogen and oxygen atoms in total. The number of alkyl halides is 3. The monoisotopic (exact) mass is 293 g/mol. The molecule has 2 heterocycles. The summed E-state index contributed by atoms with van der Waals surface area (Å²) in [5.41, 5.74) is 0. The fourth-order valence-electron chi connectivity index (χ4n) is 2.53. The van der Waals surface area contributed by atoms with Crippen molar-refractivity contribution in [3.8, 4) is 0 Å². The van der Waals surface area contributed by atoms with Crippen LogP contribution in [0.2, 0.25) is 0 Å². The van der Waals surface area contributed by atoms with Crippen molar-refractivity contribution in [1.82, 2.24) is 15.1 Å². The van der Waals surface area contributed by atoms with Crippen LogP contribution in [0.25, 0.3) is 0 Å². The molecule has 8 heteroatoms. The second-order valence-electron chi connectivity index (χ2n) is 5.20. The molecule has 0 saturated carbocycles. The van der Waals surface area contributed by atoms with Gasteiger partial charge in [-0.1, -0.05) is 0 Å². The standard InChI is InChI=1S/C12H18F3N3O2/c1-7(11-17-16-8(2)20-11)18-5-3-9(4-6-18)10(19)12(13,14)15/h7,9-10,19H,3-6H2,1-2H3. The van der Waals surface area contributed by atoms with Crippen molar-refractivity contribution in [2.75, 3.05) is 13.1 Å². The summed E-state index contributed by atoms with van der Waals surface area (Å²) in [5, 5.41) is 16.9. The Morgan fingerprint density at radius 2 is 1.90 bits per heavy atom. The zero-order chi connectivity index (χ0) is 14.9. The number of rotatable bonds is 3. The molecule has 1 aromatic rings. The van der Waals surface area contributed by atoms with E-state index in [1.54, 1.807) is 6.92 Å². The van der Waals surface area contributed by atoms with Gasteiger partial charge in [-0.15, -0.1) is 10.2 Å². The third-order valence-corrected chi connectivity index (χ3v) is 3.80. The normalized spacial score (nSPS) is 21.9. The van der Waals surface area contributed by atoms with Crippen LogP contribution < -0.4 is 0 Å². The number of aliphatic hydroxyl groups excluding tert-OH is 1. The Morgan fingerprint density at radius 1 is 1.30 bits per heavy atom. The molecule has 20 heavy (non-hydrogen) atoms. The lowest BCUT2D eigenvalue weighted by Crippen LogP contribution is -2.44. The van der Waals surface area contributed by atoms with Gasteiger partial charge in [0.05, 0.1) is 6.04 Å². The summed E-state index contributed by atoms with van der Waals surface area (Å²) in [6, 6.07) is -0.125. The third-order valence-electron chi connectivity index (χ3n) is 3.80. The van der Waals surface area contributed by atoms with E-state index in [0.717, 1.165) is 0 Å². The van der Waals surface area contributed by atoms with Gasteiger partial charge >= 0.3 is 6.18 Å². The van der Waals surface area contributed by atoms with E-state index in [1.807, 2.05) is 11.8 Å². The number of halogens is 3. The van der Waals surface area contributed by atoms with Crippen LogP contribution in [0.1, 0.15) is 37.6 Å². The molecule has 0 aromatic carbocycles. The van der Waals surface area contributed by atoms with Crippen LogP contribution in [-0.4, -0.2) is 45.6 Å². The molecule has 0 amide bonds. The maximum Gasteiger partial charge on any atom is 0.414 e. The van der Waals surface area contributed by atoms with Gasteiger partial charge in [0, 0.05) is 6.92 Å². The van der Waals surface area contributed by atoms with Crippen molar-refractivity contribution in [2.24, 2.45) is 5.92 Å². The lowest BCUT2D eigenvalue weighted by atomic mass is 9.90. The zero-order valence-corrected chi connectivity index (χ0v) is 11.4. The number of hydrogen-bond donors (Lipinski definition) is 1. The van der Waals surface area contributed by atoms with E-state index in [9.17, 15) is 18.3 Å². The molecule has 0 spiro atoms. The van der Waals surface area contributed by atoms with Gasteiger partial charge < -0.3 is 9.52 Å². The Hall–Kier alpha value is -1.15. The number of nitrogens with zero attached hydrogens (tertiary/aromatic N) is 3. The van der Waals surface area contributed by atoms with Crippen molar-refractivity contribution >= 4 is 0 Å². The predicted octanol–water partition coefficient (Wildman–Crippen LogP) is 2.07. The largest absolute Gasteiger partial charge is 0.424 e. The highest BCUT2D eigenvalue weighted by atomic mass is 19.4. The summed E-state index contributed by atoms with van der Waals surface area (Å²) in [6.45, 7) is 4.52. The minimum Gasteiger partial charge on any atom is -0.424 e. The number of hydrogen-bond acceptors (Lipinski definition) is 5. The van der Waals surface area contributed by atoms with E-state index < -0.39 is 18.2 Å². The fraction of sp³-hybridized carbons (Fsp3) is 0.833. The van der Waals surface area contributed by atoms with Gasteiger partial charge in [0.1, 0.15) is 0 Å². The summed E-state index contributed by atoms with van der Waals surface area (Å²) < 4.78 is 42.7. The summed E-state index contributed by atoms with van der Waals surface area (Å²) in [4.78, 5) is 1.99. The van der Waals surface area contributed by atoms with Gasteiger partial charge in [-0.3, -0.25) is 4.90 Å². The highest BCUT2D eigenvalue weighted by Crippen LogP contribution is 2.33. The maximum absolute atomic E-state index is 12.5. The molecule has 2 unspecified atom stereocenters. The van der Waals surface area contributed by atoms with Crippen molar-refractivity contribution in [3.05, 3.63) is 11.8 Å². The van der Waals surface area contributed by atoms with Crippen LogP contribution >= 0.6 is 0 Å². The first kappa shape index (κ1) is 15.2. The molecule has 2 rings (SSSR count). The molecular formula is C12H18F3N3O2. The Labute approximate surface area is 114 Å². The first-order valence-electron chi connectivity index (χ1n) is 6.58. The minimum atomic E-state index is -4.54. The zero-order valence-electron chi connectivity index (χ0n) is 11.4. The molecule has 1 fully saturated rings. The first-order chi connectivity index (χ1) is 9.29. The average molecular weight is 293 g/mol. The first-order valence-corrected chi connectivity index (χ1v) is 6.58. The number of aryl methyl sites for hydroxylation is 1. The molecule has 0 aliphatic carbocycles. The van der Waals surface area contributed by atoms with E-state index in [0.29, 0.717) is 37.7 Å². The molecular weight excluding hydrogens is 275 g/mol. The van der Waals surface area contributed by atoms with Crippen LogP contribution in [0.5, 0.6) is 0 Å². The molecule has 1 N–H and O–H groups in total. The summed E-state index contributed by atoms with van der Waals surface area (Å²) in [5.74, 6) is 0.203. The van der Waals surface area contributed by atoms with E-state index in [4.69, 9.17) is 4.42 Å². The summed E-state index contributed by atoms with van der Waals surface area (Å²) >= 11 is 0. The van der Waals surface area contributed by atoms with Crippen LogP contribution in [0, 0.1) is 12.8 Å². The Kier molecular flexibility index (Phi) is 4.33. The second kappa shape index (κ2) is 5.69. The van der Waals surface area contributed by atoms with Crippen molar-refractivity contribution in [1.29, 1.82) is 0 Å². The van der Waals surface area contributed by atoms with E-state index >= 15 is 0 Å². The molecule has 1 saturated heterocycles. The Bertz CT molecular complexity index is 441. The van der Waals surface area contributed by atoms with Gasteiger partial charge in [0.15, 0.2) is 6.10 Å². The Morgan fingerprint density at radius 3 is 2.35 bits per heavy atom. The quantitative estimate of drug-likeness (QED) is 0.924. The summed E-state index contributed by atoms with van der Waals surface area (Å²) in [7, 11) is 0. The van der Waals surface area contributed by atoms with Crippen LogP contribution in [0.15, 0.2) is 4.42 Å². The molecule has 0 bridgehead atoms. The van der Waals surface area contributed by atoms with Gasteiger partial charge in [-0.05, 0) is 38.8 Å². The highest BCUT2D eigenvalue weighted by molar-refractivity contribution is 4.91. The van der Waals surface area contributed by atoms with E-state index in [2.05, 4.69) is 10.2 Å². The van der Waals surface area contributed by atoms with Crippen LogP contribution in [-0.2, 0) is 0 Å². The van der Waals surface area contributed by atoms with Crippen molar-refractivity contribution < 1.29 is 22.7 Å². The summed E-state index contributed by atoms with van der Waals surface area (Å²) in [6.07, 6.45) is -6.16. The number of likely N-dealkylation sites (tertiary alicyclic amines) is 1. The maximum atomic E-state index is 12.5. The van der Waals surface area contributed by atoms with Crippen molar-refractivity contribution in [3.63, 3.8) is 0 Å². The number of piperidine rings is 1. The molecule has 1 aromatic heterocycles. The predicted molar refractivity (Wildman–Crippen MR) is 63.8 cm³/mol. The lowest BCUT2D eigenvalue weighted by molar-refractivity contribution is -0.223. The highest BCUT2D eigenvalue weighted by Gasteiger charge is 2.44. The van der Waals surface area contributed by atoms with Crippen molar-refractivity contribution in [2.45, 2.75) is 45.0 Å². The average Bonchev–Trinajstić information content (AvgIpc) is 2.83. The molecule has 1 aliphatic heterocycles. The lowest BCUT2D eigenvalue weighted by Gasteiger charge is -2.36. The molecule has 1 aliphatic rings.